The number of carbonyl (C=O) groups excluding carboxylic acids is 1. The molecule has 7 heteroatoms. The van der Waals surface area contributed by atoms with Gasteiger partial charge in [0.1, 0.15) is 0 Å². The largest absolute Gasteiger partial charge is 0.493 e. The number of alkyl halides is 2. The predicted octanol–water partition coefficient (Wildman–Crippen LogP) is 2.63. The summed E-state index contributed by atoms with van der Waals surface area (Å²) in [5, 5.41) is 5.29. The summed E-state index contributed by atoms with van der Waals surface area (Å²) in [5.74, 6) is -2.01. The average molecular weight is 354 g/mol. The van der Waals surface area contributed by atoms with Crippen LogP contribution in [-0.2, 0) is 11.3 Å². The summed E-state index contributed by atoms with van der Waals surface area (Å²) in [6, 6.07) is 4.63. The van der Waals surface area contributed by atoms with Gasteiger partial charge >= 0.3 is 0 Å². The molecule has 1 saturated carbocycles. The van der Waals surface area contributed by atoms with Crippen LogP contribution in [0, 0.1) is 0 Å². The first-order valence-corrected chi connectivity index (χ1v) is 8.70. The van der Waals surface area contributed by atoms with Crippen molar-refractivity contribution >= 4 is 5.91 Å². The third kappa shape index (κ3) is 4.39. The lowest BCUT2D eigenvalue weighted by molar-refractivity contribution is -0.123. The van der Waals surface area contributed by atoms with Crippen molar-refractivity contribution in [3.63, 3.8) is 0 Å². The molecule has 5 nitrogen and oxygen atoms in total. The number of ether oxygens (including phenoxy) is 2. The van der Waals surface area contributed by atoms with Gasteiger partial charge in [-0.1, -0.05) is 12.1 Å². The zero-order valence-electron chi connectivity index (χ0n) is 14.3. The zero-order valence-corrected chi connectivity index (χ0v) is 14.3. The van der Waals surface area contributed by atoms with Crippen LogP contribution in [0.2, 0.25) is 0 Å². The number of halogens is 2. The number of benzene rings is 1. The summed E-state index contributed by atoms with van der Waals surface area (Å²) in [6.45, 7) is -0.248. The van der Waals surface area contributed by atoms with Crippen LogP contribution in [0.25, 0.3) is 0 Å². The van der Waals surface area contributed by atoms with Crippen LogP contribution < -0.4 is 20.1 Å². The highest BCUT2D eigenvalue weighted by Gasteiger charge is 2.42. The second-order valence-electron chi connectivity index (χ2n) is 6.68. The van der Waals surface area contributed by atoms with Gasteiger partial charge in [-0.2, -0.15) is 0 Å². The van der Waals surface area contributed by atoms with E-state index in [4.69, 9.17) is 9.47 Å². The molecule has 1 heterocycles. The van der Waals surface area contributed by atoms with Crippen molar-refractivity contribution in [2.24, 2.45) is 0 Å². The standard InChI is InChI=1S/C18H24F2N2O3/c1-24-15-8-4-5-12(16(15)25-13-6-2-3-7-13)10-21-17(23)14-9-18(19,20)11-22-14/h4-5,8,13-14,22H,2-3,6-7,9-11H2,1H3,(H,21,23). The molecule has 138 valence electrons. The lowest BCUT2D eigenvalue weighted by atomic mass is 10.1. The average Bonchev–Trinajstić information content (AvgIpc) is 3.22. The molecule has 1 aromatic carbocycles. The monoisotopic (exact) mass is 354 g/mol. The molecule has 1 aliphatic heterocycles. The van der Waals surface area contributed by atoms with Crippen molar-refractivity contribution in [1.82, 2.24) is 10.6 Å². The molecule has 1 aromatic rings. The number of rotatable bonds is 6. The van der Waals surface area contributed by atoms with Crippen LogP contribution in [0.15, 0.2) is 18.2 Å². The fourth-order valence-corrected chi connectivity index (χ4v) is 3.37. The molecule has 2 N–H and O–H groups in total. The number of hydrogen-bond donors (Lipinski definition) is 2. The highest BCUT2D eigenvalue weighted by atomic mass is 19.3. The van der Waals surface area contributed by atoms with Crippen LogP contribution in [0.5, 0.6) is 11.5 Å². The second-order valence-corrected chi connectivity index (χ2v) is 6.68. The molecular weight excluding hydrogens is 330 g/mol. The zero-order chi connectivity index (χ0) is 17.9. The van der Waals surface area contributed by atoms with Gasteiger partial charge in [0, 0.05) is 18.5 Å². The van der Waals surface area contributed by atoms with E-state index in [0.29, 0.717) is 11.5 Å². The minimum Gasteiger partial charge on any atom is -0.493 e. The van der Waals surface area contributed by atoms with Gasteiger partial charge in [0.2, 0.25) is 5.91 Å². The topological polar surface area (TPSA) is 59.6 Å². The molecule has 1 unspecified atom stereocenters. The second kappa shape index (κ2) is 7.56. The van der Waals surface area contributed by atoms with Crippen LogP contribution in [0.1, 0.15) is 37.7 Å². The van der Waals surface area contributed by atoms with Gasteiger partial charge in [0.05, 0.1) is 25.8 Å². The van der Waals surface area contributed by atoms with Crippen LogP contribution in [0.3, 0.4) is 0 Å². The van der Waals surface area contributed by atoms with Gasteiger partial charge < -0.3 is 14.8 Å². The first-order chi connectivity index (χ1) is 12.0. The Bertz CT molecular complexity index is 618. The van der Waals surface area contributed by atoms with Crippen LogP contribution in [-0.4, -0.2) is 37.6 Å². The predicted molar refractivity (Wildman–Crippen MR) is 89.1 cm³/mol. The van der Waals surface area contributed by atoms with Crippen LogP contribution in [0.4, 0.5) is 8.78 Å². The smallest absolute Gasteiger partial charge is 0.262 e. The highest BCUT2D eigenvalue weighted by Crippen LogP contribution is 2.35. The molecule has 1 aliphatic carbocycles. The minimum atomic E-state index is -2.82. The summed E-state index contributed by atoms with van der Waals surface area (Å²) < 4.78 is 37.9. The minimum absolute atomic E-state index is 0.154. The first kappa shape index (κ1) is 17.9. The van der Waals surface area contributed by atoms with Crippen molar-refractivity contribution in [2.45, 2.75) is 56.7 Å². The third-order valence-electron chi connectivity index (χ3n) is 4.75. The molecule has 25 heavy (non-hydrogen) atoms. The number of methoxy groups -OCH3 is 1. The van der Waals surface area contributed by atoms with Crippen molar-refractivity contribution in [3.8, 4) is 11.5 Å². The van der Waals surface area contributed by atoms with Gasteiger partial charge in [0.25, 0.3) is 5.92 Å². The molecule has 0 spiro atoms. The molecule has 2 aliphatic rings. The number of nitrogens with one attached hydrogen (secondary N) is 2. The third-order valence-corrected chi connectivity index (χ3v) is 4.75. The van der Waals surface area contributed by atoms with E-state index in [1.165, 1.54) is 0 Å². The van der Waals surface area contributed by atoms with Gasteiger partial charge in [-0.3, -0.25) is 10.1 Å². The molecule has 0 aromatic heterocycles. The summed E-state index contributed by atoms with van der Waals surface area (Å²) >= 11 is 0. The van der Waals surface area contributed by atoms with E-state index in [0.717, 1.165) is 31.2 Å². The molecule has 1 saturated heterocycles. The Morgan fingerprint density at radius 2 is 2.12 bits per heavy atom. The Morgan fingerprint density at radius 1 is 1.36 bits per heavy atom. The molecule has 2 fully saturated rings. The SMILES string of the molecule is COc1cccc(CNC(=O)C2CC(F)(F)CN2)c1OC1CCCC1. The van der Waals surface area contributed by atoms with Gasteiger partial charge in [-0.05, 0) is 31.7 Å². The van der Waals surface area contributed by atoms with E-state index >= 15 is 0 Å². The number of para-hydroxylation sites is 1. The molecular formula is C18H24F2N2O3. The summed E-state index contributed by atoms with van der Waals surface area (Å²) in [7, 11) is 1.57. The lowest BCUT2D eigenvalue weighted by Gasteiger charge is -2.20. The fourth-order valence-electron chi connectivity index (χ4n) is 3.37. The Balaban J connectivity index is 1.66. The van der Waals surface area contributed by atoms with Crippen LogP contribution >= 0.6 is 0 Å². The lowest BCUT2D eigenvalue weighted by Crippen LogP contribution is -2.40. The molecule has 1 atom stereocenters. The number of amides is 1. The summed E-state index contributed by atoms with van der Waals surface area (Å²) in [5.41, 5.74) is 0.782. The van der Waals surface area contributed by atoms with Gasteiger partial charge in [-0.25, -0.2) is 8.78 Å². The Morgan fingerprint density at radius 3 is 2.76 bits per heavy atom. The van der Waals surface area contributed by atoms with Crippen molar-refractivity contribution < 1.29 is 23.0 Å². The van der Waals surface area contributed by atoms with Crippen molar-refractivity contribution in [3.05, 3.63) is 23.8 Å². The van der Waals surface area contributed by atoms with E-state index in [-0.39, 0.29) is 12.6 Å². The Kier molecular flexibility index (Phi) is 5.42. The molecule has 0 bridgehead atoms. The van der Waals surface area contributed by atoms with Crippen molar-refractivity contribution in [2.75, 3.05) is 13.7 Å². The molecule has 0 radical (unpaired) electrons. The quantitative estimate of drug-likeness (QED) is 0.825. The fraction of sp³-hybridized carbons (Fsp3) is 0.611. The normalized spacial score (nSPS) is 22.8. The van der Waals surface area contributed by atoms with Crippen molar-refractivity contribution in [1.29, 1.82) is 0 Å². The van der Waals surface area contributed by atoms with E-state index in [2.05, 4.69) is 10.6 Å². The van der Waals surface area contributed by atoms with Gasteiger partial charge in [-0.15, -0.1) is 0 Å². The van der Waals surface area contributed by atoms with E-state index in [1.807, 2.05) is 18.2 Å². The number of carbonyl (C=O) groups is 1. The Labute approximate surface area is 146 Å². The highest BCUT2D eigenvalue weighted by molar-refractivity contribution is 5.82. The summed E-state index contributed by atoms with van der Waals surface area (Å²) in [6.07, 6.45) is 3.99. The molecule has 1 amide bonds. The Hall–Kier alpha value is -1.89. The summed E-state index contributed by atoms with van der Waals surface area (Å²) in [4.78, 5) is 12.1. The molecule has 3 rings (SSSR count). The maximum absolute atomic E-state index is 13.2. The van der Waals surface area contributed by atoms with Gasteiger partial charge in [0.15, 0.2) is 11.5 Å². The van der Waals surface area contributed by atoms with E-state index < -0.39 is 30.8 Å². The maximum atomic E-state index is 13.2. The first-order valence-electron chi connectivity index (χ1n) is 8.70. The maximum Gasteiger partial charge on any atom is 0.262 e. The van der Waals surface area contributed by atoms with E-state index in [1.54, 1.807) is 7.11 Å². The number of hydrogen-bond acceptors (Lipinski definition) is 4. The van der Waals surface area contributed by atoms with E-state index in [9.17, 15) is 13.6 Å².